The lowest BCUT2D eigenvalue weighted by atomic mass is 9.71. The summed E-state index contributed by atoms with van der Waals surface area (Å²) in [7, 11) is 0. The highest BCUT2D eigenvalue weighted by atomic mass is 16.3. The van der Waals surface area contributed by atoms with Gasteiger partial charge in [0.1, 0.15) is 5.75 Å². The Kier molecular flexibility index (Phi) is 3.81. The number of rotatable bonds is 2. The molecule has 2 rings (SSSR count). The lowest BCUT2D eigenvalue weighted by molar-refractivity contribution is 0.357. The molecule has 0 saturated heterocycles. The Labute approximate surface area is 120 Å². The third-order valence-electron chi connectivity index (χ3n) is 3.47. The number of nitrogens with zero attached hydrogens (tertiary/aromatic N) is 1. The number of nitriles is 1. The Bertz CT molecular complexity index is 633. The lowest BCUT2D eigenvalue weighted by Crippen LogP contribution is -2.20. The van der Waals surface area contributed by atoms with E-state index in [-0.39, 0.29) is 17.1 Å². The Hall–Kier alpha value is -2.27. The number of hydrogen-bond acceptors (Lipinski definition) is 2. The minimum absolute atomic E-state index is 0.0548. The van der Waals surface area contributed by atoms with Gasteiger partial charge in [-0.1, -0.05) is 51.1 Å². The van der Waals surface area contributed by atoms with Gasteiger partial charge in [0.25, 0.3) is 0 Å². The summed E-state index contributed by atoms with van der Waals surface area (Å²) in [5.41, 5.74) is 2.60. The van der Waals surface area contributed by atoms with Gasteiger partial charge in [-0.3, -0.25) is 0 Å². The highest BCUT2D eigenvalue weighted by molar-refractivity contribution is 5.48. The third kappa shape index (κ3) is 2.83. The van der Waals surface area contributed by atoms with Crippen LogP contribution in [0.2, 0.25) is 0 Å². The molecule has 0 heterocycles. The molecule has 0 amide bonds. The second-order valence-corrected chi connectivity index (χ2v) is 6.09. The fourth-order valence-electron chi connectivity index (χ4n) is 2.68. The van der Waals surface area contributed by atoms with E-state index in [0.29, 0.717) is 5.56 Å². The van der Waals surface area contributed by atoms with Crippen LogP contribution in [0, 0.1) is 16.7 Å². The molecule has 0 radical (unpaired) electrons. The first-order chi connectivity index (χ1) is 9.43. The van der Waals surface area contributed by atoms with Crippen LogP contribution in [0.4, 0.5) is 0 Å². The predicted octanol–water partition coefficient (Wildman–Crippen LogP) is 4.44. The second-order valence-electron chi connectivity index (χ2n) is 6.09. The van der Waals surface area contributed by atoms with Crippen molar-refractivity contribution in [2.45, 2.75) is 26.7 Å². The molecule has 1 atom stereocenters. The smallest absolute Gasteiger partial charge is 0.115 e. The van der Waals surface area contributed by atoms with E-state index in [1.54, 1.807) is 18.2 Å². The third-order valence-corrected chi connectivity index (χ3v) is 3.47. The van der Waals surface area contributed by atoms with E-state index in [0.717, 1.165) is 11.1 Å². The predicted molar refractivity (Wildman–Crippen MR) is 80.6 cm³/mol. The molecule has 0 aliphatic heterocycles. The highest BCUT2D eigenvalue weighted by Gasteiger charge is 2.29. The maximum atomic E-state index is 9.79. The maximum absolute atomic E-state index is 9.79. The van der Waals surface area contributed by atoms with Crippen LogP contribution in [-0.2, 0) is 0 Å². The normalized spacial score (nSPS) is 12.7. The van der Waals surface area contributed by atoms with Crippen molar-refractivity contribution in [1.29, 1.82) is 5.26 Å². The first-order valence-electron chi connectivity index (χ1n) is 6.71. The zero-order valence-corrected chi connectivity index (χ0v) is 12.1. The van der Waals surface area contributed by atoms with Crippen molar-refractivity contribution in [3.63, 3.8) is 0 Å². The molecule has 2 heteroatoms. The van der Waals surface area contributed by atoms with Crippen LogP contribution in [0.3, 0.4) is 0 Å². The van der Waals surface area contributed by atoms with Gasteiger partial charge in [0.15, 0.2) is 0 Å². The van der Waals surface area contributed by atoms with Gasteiger partial charge in [0.2, 0.25) is 0 Å². The van der Waals surface area contributed by atoms with Gasteiger partial charge in [-0.15, -0.1) is 0 Å². The van der Waals surface area contributed by atoms with Crippen molar-refractivity contribution in [2.75, 3.05) is 0 Å². The molecule has 102 valence electrons. The topological polar surface area (TPSA) is 44.0 Å². The Morgan fingerprint density at radius 1 is 1.05 bits per heavy atom. The Morgan fingerprint density at radius 3 is 2.25 bits per heavy atom. The molecular weight excluding hydrogens is 246 g/mol. The summed E-state index contributed by atoms with van der Waals surface area (Å²) in [5.74, 6) is 0.259. The van der Waals surface area contributed by atoms with Crippen molar-refractivity contribution < 1.29 is 5.11 Å². The van der Waals surface area contributed by atoms with Crippen molar-refractivity contribution in [2.24, 2.45) is 5.41 Å². The van der Waals surface area contributed by atoms with Crippen molar-refractivity contribution in [3.05, 3.63) is 65.2 Å². The molecule has 0 spiro atoms. The van der Waals surface area contributed by atoms with Gasteiger partial charge in [-0.2, -0.15) is 5.26 Å². The number of benzene rings is 2. The van der Waals surface area contributed by atoms with Crippen molar-refractivity contribution >= 4 is 0 Å². The van der Waals surface area contributed by atoms with E-state index in [9.17, 15) is 10.4 Å². The average Bonchev–Trinajstić information content (AvgIpc) is 2.39. The highest BCUT2D eigenvalue weighted by Crippen LogP contribution is 2.42. The van der Waals surface area contributed by atoms with Crippen LogP contribution in [0.15, 0.2) is 48.5 Å². The van der Waals surface area contributed by atoms with Gasteiger partial charge in [-0.25, -0.2) is 0 Å². The van der Waals surface area contributed by atoms with Gasteiger partial charge >= 0.3 is 0 Å². The van der Waals surface area contributed by atoms with Gasteiger partial charge in [0.05, 0.1) is 11.6 Å². The summed E-state index contributed by atoms with van der Waals surface area (Å²) in [6.07, 6.45) is 0. The summed E-state index contributed by atoms with van der Waals surface area (Å²) in [6, 6.07) is 17.3. The van der Waals surface area contributed by atoms with Gasteiger partial charge in [0, 0.05) is 5.92 Å². The van der Waals surface area contributed by atoms with Crippen LogP contribution >= 0.6 is 0 Å². The summed E-state index contributed by atoms with van der Waals surface area (Å²) >= 11 is 0. The summed E-state index contributed by atoms with van der Waals surface area (Å²) < 4.78 is 0. The van der Waals surface area contributed by atoms with E-state index < -0.39 is 0 Å². The molecule has 1 unspecified atom stereocenters. The second kappa shape index (κ2) is 5.38. The van der Waals surface area contributed by atoms with E-state index in [4.69, 9.17) is 0 Å². The Morgan fingerprint density at radius 2 is 1.70 bits per heavy atom. The van der Waals surface area contributed by atoms with E-state index in [2.05, 4.69) is 39.0 Å². The quantitative estimate of drug-likeness (QED) is 0.872. The van der Waals surface area contributed by atoms with Crippen LogP contribution in [0.25, 0.3) is 0 Å². The van der Waals surface area contributed by atoms with E-state index >= 15 is 0 Å². The van der Waals surface area contributed by atoms with Crippen molar-refractivity contribution in [3.8, 4) is 11.8 Å². The maximum Gasteiger partial charge on any atom is 0.115 e. The standard InChI is InChI=1S/C18H19NO/c1-18(2,3)17(13-7-5-4-6-8-13)16-11-15(20)10-9-14(16)12-19/h4-11,17,20H,1-3H3. The fraction of sp³-hybridized carbons (Fsp3) is 0.278. The largest absolute Gasteiger partial charge is 0.508 e. The molecule has 0 aromatic heterocycles. The minimum Gasteiger partial charge on any atom is -0.508 e. The molecule has 0 aliphatic rings. The molecule has 0 saturated carbocycles. The number of aromatic hydroxyl groups is 1. The van der Waals surface area contributed by atoms with Gasteiger partial charge < -0.3 is 5.11 Å². The minimum atomic E-state index is -0.0548. The molecular formula is C18H19NO. The molecule has 0 fully saturated rings. The molecule has 0 bridgehead atoms. The Balaban J connectivity index is 2.66. The van der Waals surface area contributed by atoms with Crippen LogP contribution < -0.4 is 0 Å². The number of hydrogen-bond donors (Lipinski definition) is 1. The molecule has 0 aliphatic carbocycles. The zero-order valence-electron chi connectivity index (χ0n) is 12.1. The first-order valence-corrected chi connectivity index (χ1v) is 6.71. The monoisotopic (exact) mass is 265 g/mol. The summed E-state index contributed by atoms with van der Waals surface area (Å²) in [4.78, 5) is 0. The lowest BCUT2D eigenvalue weighted by Gasteiger charge is -2.32. The van der Waals surface area contributed by atoms with E-state index in [1.165, 1.54) is 0 Å². The first kappa shape index (κ1) is 14.1. The SMILES string of the molecule is CC(C)(C)C(c1ccccc1)c1cc(O)ccc1C#N. The van der Waals surface area contributed by atoms with E-state index in [1.807, 2.05) is 18.2 Å². The van der Waals surface area contributed by atoms with Gasteiger partial charge in [-0.05, 0) is 34.7 Å². The number of phenols is 1. The number of phenolic OH excluding ortho intramolecular Hbond substituents is 1. The van der Waals surface area contributed by atoms with Crippen LogP contribution in [0.5, 0.6) is 5.75 Å². The van der Waals surface area contributed by atoms with Crippen LogP contribution in [0.1, 0.15) is 43.4 Å². The zero-order chi connectivity index (χ0) is 14.8. The summed E-state index contributed by atoms with van der Waals surface area (Å²) in [5, 5.41) is 19.1. The summed E-state index contributed by atoms with van der Waals surface area (Å²) in [6.45, 7) is 6.45. The van der Waals surface area contributed by atoms with Crippen molar-refractivity contribution in [1.82, 2.24) is 0 Å². The molecule has 1 N–H and O–H groups in total. The molecule has 20 heavy (non-hydrogen) atoms. The molecule has 2 aromatic carbocycles. The fourth-order valence-corrected chi connectivity index (χ4v) is 2.68. The molecule has 2 nitrogen and oxygen atoms in total. The molecule has 2 aromatic rings. The average molecular weight is 265 g/mol. The van der Waals surface area contributed by atoms with Crippen LogP contribution in [-0.4, -0.2) is 5.11 Å².